The first-order chi connectivity index (χ1) is 10.2. The van der Waals surface area contributed by atoms with Crippen molar-refractivity contribution >= 4 is 0 Å². The maximum absolute atomic E-state index is 6.09. The van der Waals surface area contributed by atoms with Crippen LogP contribution in [0.1, 0.15) is 51.6 Å². The molecule has 0 bridgehead atoms. The van der Waals surface area contributed by atoms with E-state index in [0.717, 1.165) is 12.3 Å². The van der Waals surface area contributed by atoms with Crippen molar-refractivity contribution in [2.45, 2.75) is 52.1 Å². The van der Waals surface area contributed by atoms with Crippen LogP contribution in [0.3, 0.4) is 0 Å². The van der Waals surface area contributed by atoms with Gasteiger partial charge in [-0.1, -0.05) is 18.6 Å². The van der Waals surface area contributed by atoms with Gasteiger partial charge in [0.2, 0.25) is 0 Å². The highest BCUT2D eigenvalue weighted by molar-refractivity contribution is 5.30. The molecule has 0 saturated carbocycles. The summed E-state index contributed by atoms with van der Waals surface area (Å²) in [5, 5.41) is 0. The Hall–Kier alpha value is -1.06. The third kappa shape index (κ3) is 3.98. The largest absolute Gasteiger partial charge is 0.494 e. The summed E-state index contributed by atoms with van der Waals surface area (Å²) in [6.07, 6.45) is 3.80. The molecule has 1 fully saturated rings. The van der Waals surface area contributed by atoms with Crippen LogP contribution in [-0.2, 0) is 0 Å². The zero-order valence-electron chi connectivity index (χ0n) is 13.7. The van der Waals surface area contributed by atoms with E-state index in [-0.39, 0.29) is 0 Å². The molecule has 2 rings (SSSR count). The van der Waals surface area contributed by atoms with Crippen LogP contribution >= 0.6 is 0 Å². The summed E-state index contributed by atoms with van der Waals surface area (Å²) in [5.41, 5.74) is 7.47. The minimum atomic E-state index is 0.438. The zero-order chi connectivity index (χ0) is 15.2. The summed E-state index contributed by atoms with van der Waals surface area (Å²) < 4.78 is 5.56. The third-order valence-electron chi connectivity index (χ3n) is 4.54. The highest BCUT2D eigenvalue weighted by Crippen LogP contribution is 2.36. The van der Waals surface area contributed by atoms with Crippen LogP contribution in [0.5, 0.6) is 5.75 Å². The molecule has 0 amide bonds. The molecule has 0 spiro atoms. The second kappa shape index (κ2) is 7.81. The van der Waals surface area contributed by atoms with Crippen LogP contribution in [0.4, 0.5) is 0 Å². The van der Waals surface area contributed by atoms with Crippen molar-refractivity contribution in [3.05, 3.63) is 29.8 Å². The van der Waals surface area contributed by atoms with Crippen molar-refractivity contribution in [1.82, 2.24) is 4.90 Å². The van der Waals surface area contributed by atoms with Gasteiger partial charge in [-0.05, 0) is 70.3 Å². The first-order valence-electron chi connectivity index (χ1n) is 8.36. The molecule has 1 saturated heterocycles. The fourth-order valence-corrected chi connectivity index (χ4v) is 3.49. The molecule has 1 aromatic rings. The molecule has 1 heterocycles. The summed E-state index contributed by atoms with van der Waals surface area (Å²) in [4.78, 5) is 2.63. The first-order valence-corrected chi connectivity index (χ1v) is 8.36. The molecule has 3 nitrogen and oxygen atoms in total. The van der Waals surface area contributed by atoms with E-state index in [0.29, 0.717) is 24.6 Å². The van der Waals surface area contributed by atoms with Crippen LogP contribution in [0.15, 0.2) is 24.3 Å². The van der Waals surface area contributed by atoms with Gasteiger partial charge >= 0.3 is 0 Å². The van der Waals surface area contributed by atoms with Crippen molar-refractivity contribution in [3.63, 3.8) is 0 Å². The Balaban J connectivity index is 2.28. The molecular formula is C18H30N2O. The molecule has 2 atom stereocenters. The highest BCUT2D eigenvalue weighted by Gasteiger charge is 2.31. The summed E-state index contributed by atoms with van der Waals surface area (Å²) in [6.45, 7) is 9.25. The Morgan fingerprint density at radius 3 is 2.52 bits per heavy atom. The Kier molecular flexibility index (Phi) is 6.07. The average molecular weight is 290 g/mol. The molecule has 1 aromatic carbocycles. The standard InChI is InChI=1S/C18H30N2O/c1-4-21-17-10-8-15(9-11-17)18-16(13-19)7-5-6-12-20(18)14(2)3/h8-11,14,16,18H,4-7,12-13,19H2,1-3H3. The fraction of sp³-hybridized carbons (Fsp3) is 0.667. The van der Waals surface area contributed by atoms with Crippen LogP contribution < -0.4 is 10.5 Å². The van der Waals surface area contributed by atoms with E-state index >= 15 is 0 Å². The normalized spacial score (nSPS) is 24.0. The highest BCUT2D eigenvalue weighted by atomic mass is 16.5. The van der Waals surface area contributed by atoms with Gasteiger partial charge in [-0.3, -0.25) is 4.90 Å². The van der Waals surface area contributed by atoms with Crippen molar-refractivity contribution in [3.8, 4) is 5.75 Å². The van der Waals surface area contributed by atoms with Crippen LogP contribution in [-0.4, -0.2) is 30.6 Å². The van der Waals surface area contributed by atoms with E-state index in [2.05, 4.69) is 43.0 Å². The molecule has 118 valence electrons. The molecule has 2 unspecified atom stereocenters. The lowest BCUT2D eigenvalue weighted by Gasteiger charge is -2.38. The van der Waals surface area contributed by atoms with Gasteiger partial charge in [-0.25, -0.2) is 0 Å². The van der Waals surface area contributed by atoms with Crippen molar-refractivity contribution in [1.29, 1.82) is 0 Å². The molecule has 1 aliphatic rings. The number of nitrogens with two attached hydrogens (primary N) is 1. The van der Waals surface area contributed by atoms with Gasteiger partial charge in [0.15, 0.2) is 0 Å². The Morgan fingerprint density at radius 1 is 1.24 bits per heavy atom. The van der Waals surface area contributed by atoms with E-state index in [1.807, 2.05) is 6.92 Å². The van der Waals surface area contributed by atoms with Gasteiger partial charge in [0.05, 0.1) is 6.61 Å². The Bertz CT molecular complexity index is 416. The maximum atomic E-state index is 6.09. The van der Waals surface area contributed by atoms with Gasteiger partial charge in [-0.2, -0.15) is 0 Å². The molecule has 2 N–H and O–H groups in total. The number of nitrogens with zero attached hydrogens (tertiary/aromatic N) is 1. The van der Waals surface area contributed by atoms with Gasteiger partial charge in [-0.15, -0.1) is 0 Å². The van der Waals surface area contributed by atoms with Crippen LogP contribution in [0, 0.1) is 5.92 Å². The number of hydrogen-bond donors (Lipinski definition) is 1. The Morgan fingerprint density at radius 2 is 1.95 bits per heavy atom. The minimum Gasteiger partial charge on any atom is -0.494 e. The second-order valence-corrected chi connectivity index (χ2v) is 6.27. The number of hydrogen-bond acceptors (Lipinski definition) is 3. The summed E-state index contributed by atoms with van der Waals surface area (Å²) in [7, 11) is 0. The summed E-state index contributed by atoms with van der Waals surface area (Å²) in [5.74, 6) is 1.50. The molecule has 21 heavy (non-hydrogen) atoms. The second-order valence-electron chi connectivity index (χ2n) is 6.27. The van der Waals surface area contributed by atoms with E-state index < -0.39 is 0 Å². The lowest BCUT2D eigenvalue weighted by atomic mass is 9.88. The average Bonchev–Trinajstić information content (AvgIpc) is 2.70. The number of ether oxygens (including phenoxy) is 1. The number of rotatable bonds is 5. The predicted octanol–water partition coefficient (Wildman–Crippen LogP) is 3.60. The molecule has 3 heteroatoms. The SMILES string of the molecule is CCOc1ccc(C2C(CN)CCCCN2C(C)C)cc1. The van der Waals surface area contributed by atoms with Gasteiger partial charge in [0.1, 0.15) is 5.75 Å². The van der Waals surface area contributed by atoms with Crippen molar-refractivity contribution in [2.75, 3.05) is 19.7 Å². The fourth-order valence-electron chi connectivity index (χ4n) is 3.49. The third-order valence-corrected chi connectivity index (χ3v) is 4.54. The summed E-state index contributed by atoms with van der Waals surface area (Å²) in [6, 6.07) is 9.62. The predicted molar refractivity (Wildman–Crippen MR) is 88.6 cm³/mol. The van der Waals surface area contributed by atoms with Crippen LogP contribution in [0.25, 0.3) is 0 Å². The maximum Gasteiger partial charge on any atom is 0.119 e. The zero-order valence-corrected chi connectivity index (χ0v) is 13.7. The van der Waals surface area contributed by atoms with Crippen molar-refractivity contribution < 1.29 is 4.74 Å². The number of likely N-dealkylation sites (tertiary alicyclic amines) is 1. The first kappa shape index (κ1) is 16.3. The van der Waals surface area contributed by atoms with Crippen molar-refractivity contribution in [2.24, 2.45) is 11.7 Å². The van der Waals surface area contributed by atoms with E-state index in [1.54, 1.807) is 0 Å². The Labute approximate surface area is 129 Å². The smallest absolute Gasteiger partial charge is 0.119 e. The molecule has 0 radical (unpaired) electrons. The molecule has 0 aliphatic carbocycles. The minimum absolute atomic E-state index is 0.438. The lowest BCUT2D eigenvalue weighted by molar-refractivity contribution is 0.121. The van der Waals surface area contributed by atoms with E-state index in [9.17, 15) is 0 Å². The van der Waals surface area contributed by atoms with Gasteiger partial charge in [0.25, 0.3) is 0 Å². The van der Waals surface area contributed by atoms with Gasteiger partial charge < -0.3 is 10.5 Å². The quantitative estimate of drug-likeness (QED) is 0.900. The van der Waals surface area contributed by atoms with E-state index in [1.165, 1.54) is 31.4 Å². The topological polar surface area (TPSA) is 38.5 Å². The van der Waals surface area contributed by atoms with Gasteiger partial charge in [0, 0.05) is 12.1 Å². The summed E-state index contributed by atoms with van der Waals surface area (Å²) >= 11 is 0. The monoisotopic (exact) mass is 290 g/mol. The van der Waals surface area contributed by atoms with E-state index in [4.69, 9.17) is 10.5 Å². The molecule has 1 aliphatic heterocycles. The lowest BCUT2D eigenvalue weighted by Crippen LogP contribution is -2.39. The van der Waals surface area contributed by atoms with Crippen LogP contribution in [0.2, 0.25) is 0 Å². The molecular weight excluding hydrogens is 260 g/mol. The number of benzene rings is 1. The molecule has 0 aromatic heterocycles.